The largest absolute Gasteiger partial charge is 0.342 e. The number of nitrogens with zero attached hydrogens (tertiary/aromatic N) is 5. The molecule has 1 fully saturated rings. The molecule has 14 heteroatoms. The summed E-state index contributed by atoms with van der Waals surface area (Å²) in [4.78, 5) is 93.6. The maximum absolute atomic E-state index is 14.4. The van der Waals surface area contributed by atoms with Crippen molar-refractivity contribution >= 4 is 46.8 Å². The molecule has 0 radical (unpaired) electrons. The van der Waals surface area contributed by atoms with Gasteiger partial charge in [-0.2, -0.15) is 0 Å². The van der Waals surface area contributed by atoms with Crippen LogP contribution in [-0.2, 0) is 41.7 Å². The number of nitrogens with one attached hydrogen (secondary N) is 2. The highest BCUT2D eigenvalue weighted by molar-refractivity contribution is 7.09. The molecule has 1 aromatic heterocycles. The van der Waals surface area contributed by atoms with Gasteiger partial charge in [0.15, 0.2) is 0 Å². The monoisotopic (exact) mass is 781 g/mol. The molecule has 0 aliphatic carbocycles. The minimum atomic E-state index is -1.02. The van der Waals surface area contributed by atoms with Gasteiger partial charge in [0.2, 0.25) is 35.4 Å². The molecule has 0 bridgehead atoms. The third kappa shape index (κ3) is 12.3. The number of likely N-dealkylation sites (N-methyl/N-ethyl adjacent to an activating group) is 3. The van der Waals surface area contributed by atoms with Gasteiger partial charge in [-0.25, -0.2) is 4.98 Å². The number of benzene rings is 1. The molecule has 0 spiro atoms. The molecule has 2 aromatic rings. The summed E-state index contributed by atoms with van der Waals surface area (Å²) in [5.41, 5.74) is 0.816. The predicted octanol–water partition coefficient (Wildman–Crippen LogP) is 4.12. The summed E-state index contributed by atoms with van der Waals surface area (Å²) in [6.07, 6.45) is 4.15. The van der Waals surface area contributed by atoms with E-state index in [9.17, 15) is 28.8 Å². The van der Waals surface area contributed by atoms with Crippen molar-refractivity contribution in [3.05, 3.63) is 52.5 Å². The van der Waals surface area contributed by atoms with Gasteiger partial charge in [0.25, 0.3) is 0 Å². The van der Waals surface area contributed by atoms with Gasteiger partial charge in [-0.1, -0.05) is 78.8 Å². The number of hydrogen-bond acceptors (Lipinski definition) is 8. The maximum Gasteiger partial charge on any atom is 0.246 e. The molecule has 6 amide bonds. The lowest BCUT2D eigenvalue weighted by Crippen LogP contribution is -2.60. The molecule has 55 heavy (non-hydrogen) atoms. The van der Waals surface area contributed by atoms with Crippen molar-refractivity contribution < 1.29 is 28.8 Å². The Morgan fingerprint density at radius 2 is 1.58 bits per heavy atom. The van der Waals surface area contributed by atoms with Crippen molar-refractivity contribution in [1.82, 2.24) is 35.2 Å². The van der Waals surface area contributed by atoms with Crippen LogP contribution in [0.1, 0.15) is 91.1 Å². The number of aromatic nitrogens is 1. The summed E-state index contributed by atoms with van der Waals surface area (Å²) in [7, 11) is 4.88. The van der Waals surface area contributed by atoms with Crippen LogP contribution in [0.5, 0.6) is 0 Å². The van der Waals surface area contributed by atoms with Crippen LogP contribution >= 0.6 is 11.3 Å². The van der Waals surface area contributed by atoms with Crippen LogP contribution in [0, 0.1) is 17.8 Å². The van der Waals surface area contributed by atoms with E-state index in [0.29, 0.717) is 45.2 Å². The molecule has 2 heterocycles. The first-order valence-electron chi connectivity index (χ1n) is 19.6. The smallest absolute Gasteiger partial charge is 0.246 e. The highest BCUT2D eigenvalue weighted by atomic mass is 32.1. The first kappa shape index (κ1) is 45.1. The molecule has 1 aliphatic rings. The van der Waals surface area contributed by atoms with Crippen LogP contribution in [0.25, 0.3) is 0 Å². The zero-order valence-corrected chi connectivity index (χ0v) is 35.2. The van der Waals surface area contributed by atoms with Crippen LogP contribution in [0.15, 0.2) is 41.9 Å². The summed E-state index contributed by atoms with van der Waals surface area (Å²) >= 11 is 1.44. The summed E-state index contributed by atoms with van der Waals surface area (Å²) in [6, 6.07) is 4.94. The van der Waals surface area contributed by atoms with Crippen molar-refractivity contribution in [2.24, 2.45) is 17.8 Å². The average Bonchev–Trinajstić information content (AvgIpc) is 3.84. The van der Waals surface area contributed by atoms with E-state index < -0.39 is 42.0 Å². The molecule has 1 aliphatic heterocycles. The fourth-order valence-electron chi connectivity index (χ4n) is 7.12. The Balaban J connectivity index is 1.88. The molecule has 2 N–H and O–H groups in total. The third-order valence-corrected chi connectivity index (χ3v) is 10.9. The van der Waals surface area contributed by atoms with Gasteiger partial charge in [0, 0.05) is 52.1 Å². The van der Waals surface area contributed by atoms with Gasteiger partial charge >= 0.3 is 0 Å². The molecule has 13 nitrogen and oxygen atoms in total. The number of rotatable bonds is 19. The lowest BCUT2D eigenvalue weighted by molar-refractivity contribution is -0.152. The molecule has 5 atom stereocenters. The number of carbonyl (C=O) groups is 6. The van der Waals surface area contributed by atoms with Crippen molar-refractivity contribution in [1.29, 1.82) is 0 Å². The Kier molecular flexibility index (Phi) is 17.3. The Labute approximate surface area is 331 Å². The lowest BCUT2D eigenvalue weighted by atomic mass is 9.98. The molecule has 0 saturated carbocycles. The lowest BCUT2D eigenvalue weighted by Gasteiger charge is -2.37. The zero-order valence-electron chi connectivity index (χ0n) is 34.4. The first-order valence-corrected chi connectivity index (χ1v) is 20.5. The van der Waals surface area contributed by atoms with Crippen LogP contribution in [-0.4, -0.2) is 118 Å². The number of thiazole rings is 1. The molecular formula is C41H63N7O6S. The number of likely N-dealkylation sites (tertiary alicyclic amines) is 1. The fraction of sp³-hybridized carbons (Fsp3) is 0.634. The second-order valence-electron chi connectivity index (χ2n) is 15.8. The van der Waals surface area contributed by atoms with E-state index in [1.165, 1.54) is 26.0 Å². The van der Waals surface area contributed by atoms with Crippen LogP contribution in [0.2, 0.25) is 0 Å². The second kappa shape index (κ2) is 21.1. The minimum absolute atomic E-state index is 0.0121. The second-order valence-corrected chi connectivity index (χ2v) is 16.8. The van der Waals surface area contributed by atoms with E-state index in [0.717, 1.165) is 10.6 Å². The van der Waals surface area contributed by atoms with Crippen molar-refractivity contribution in [3.8, 4) is 0 Å². The number of carbonyl (C=O) groups excluding carboxylic acids is 6. The fourth-order valence-corrected chi connectivity index (χ4v) is 7.79. The highest BCUT2D eigenvalue weighted by Crippen LogP contribution is 2.25. The SMILES string of the molecule is CCCC(=O)N(C)[C@H](C(=O)N1CCC[C@H]1C(=O)N(C)[C@@H](Cc1ccccc1)C(=O)N[C@@H](CC(C)C)C(=O)N[C@H](C(=O)N(C)Cc1nccs1)C(C)C)C(C)C. The van der Waals surface area contributed by atoms with E-state index >= 15 is 0 Å². The van der Waals surface area contributed by atoms with Crippen LogP contribution in [0.3, 0.4) is 0 Å². The third-order valence-electron chi connectivity index (χ3n) is 10.2. The normalized spacial score (nSPS) is 16.4. The summed E-state index contributed by atoms with van der Waals surface area (Å²) in [5.74, 6) is -2.47. The average molecular weight is 782 g/mol. The van der Waals surface area contributed by atoms with E-state index in [-0.39, 0.29) is 47.8 Å². The summed E-state index contributed by atoms with van der Waals surface area (Å²) < 4.78 is 0. The topological polar surface area (TPSA) is 152 Å². The van der Waals surface area contributed by atoms with E-state index in [2.05, 4.69) is 15.6 Å². The Morgan fingerprint density at radius 3 is 2.15 bits per heavy atom. The van der Waals surface area contributed by atoms with E-state index in [1.54, 1.807) is 32.2 Å². The van der Waals surface area contributed by atoms with Crippen molar-refractivity contribution in [2.75, 3.05) is 27.7 Å². The minimum Gasteiger partial charge on any atom is -0.342 e. The van der Waals surface area contributed by atoms with Crippen molar-refractivity contribution in [3.63, 3.8) is 0 Å². The van der Waals surface area contributed by atoms with Gasteiger partial charge in [-0.3, -0.25) is 28.8 Å². The van der Waals surface area contributed by atoms with E-state index in [1.807, 2.05) is 84.2 Å². The number of hydrogen-bond donors (Lipinski definition) is 2. The standard InChI is InChI=1S/C41H63N7O6S/c1-11-16-34(49)47(10)36(28(6)7)41(54)48-21-15-19-31(48)39(52)46(9)32(24-29-17-13-12-14-18-29)38(51)43-30(23-26(2)3)37(50)44-35(27(4)5)40(53)45(8)25-33-42-20-22-55-33/h12-14,17-18,20,22,26-28,30-32,35-36H,11,15-16,19,21,23-25H2,1-10H3,(H,43,51)(H,44,50)/t30-,31-,32-,35-,36-/m0/s1. The quantitative estimate of drug-likeness (QED) is 0.218. The first-order chi connectivity index (χ1) is 26.0. The Hall–Kier alpha value is -4.33. The van der Waals surface area contributed by atoms with Gasteiger partial charge < -0.3 is 30.2 Å². The summed E-state index contributed by atoms with van der Waals surface area (Å²) in [5, 5.41) is 8.48. The molecule has 0 unspecified atom stereocenters. The number of amides is 6. The Morgan fingerprint density at radius 1 is 0.909 bits per heavy atom. The van der Waals surface area contributed by atoms with Crippen LogP contribution < -0.4 is 10.6 Å². The van der Waals surface area contributed by atoms with Crippen LogP contribution in [0.4, 0.5) is 0 Å². The zero-order chi connectivity index (χ0) is 41.0. The molecule has 3 rings (SSSR count). The molecule has 1 saturated heterocycles. The highest BCUT2D eigenvalue weighted by Gasteiger charge is 2.43. The summed E-state index contributed by atoms with van der Waals surface area (Å²) in [6.45, 7) is 14.0. The van der Waals surface area contributed by atoms with Gasteiger partial charge in [0.05, 0.1) is 6.54 Å². The Bertz CT molecular complexity index is 1580. The molecule has 1 aromatic carbocycles. The van der Waals surface area contributed by atoms with Crippen molar-refractivity contribution in [2.45, 2.75) is 124 Å². The molecular weight excluding hydrogens is 719 g/mol. The van der Waals surface area contributed by atoms with Gasteiger partial charge in [-0.05, 0) is 49.0 Å². The predicted molar refractivity (Wildman–Crippen MR) is 214 cm³/mol. The van der Waals surface area contributed by atoms with E-state index in [4.69, 9.17) is 0 Å². The van der Waals surface area contributed by atoms with Gasteiger partial charge in [-0.15, -0.1) is 11.3 Å². The maximum atomic E-state index is 14.4. The molecule has 304 valence electrons. The van der Waals surface area contributed by atoms with Gasteiger partial charge in [0.1, 0.15) is 35.2 Å².